The lowest BCUT2D eigenvalue weighted by atomic mass is 9.69. The van der Waals surface area contributed by atoms with E-state index in [1.54, 1.807) is 21.6 Å². The van der Waals surface area contributed by atoms with Gasteiger partial charge in [0.1, 0.15) is 17.4 Å². The van der Waals surface area contributed by atoms with Gasteiger partial charge in [0, 0.05) is 36.1 Å². The first-order valence-corrected chi connectivity index (χ1v) is 12.1. The van der Waals surface area contributed by atoms with Gasteiger partial charge in [0.05, 0.1) is 12.1 Å². The molecule has 2 aromatic carbocycles. The maximum atomic E-state index is 14.6. The molecular formula is C29H29N5O3. The molecule has 37 heavy (non-hydrogen) atoms. The Bertz CT molecular complexity index is 1560. The highest BCUT2D eigenvalue weighted by Gasteiger charge is 2.60. The van der Waals surface area contributed by atoms with Crippen LogP contribution in [0.25, 0.3) is 0 Å². The van der Waals surface area contributed by atoms with Gasteiger partial charge in [-0.3, -0.25) is 9.59 Å². The number of carbonyl (C=O) groups excluding carboxylic acids is 1. The number of nitrogens with zero attached hydrogens (tertiary/aromatic N) is 4. The van der Waals surface area contributed by atoms with Crippen molar-refractivity contribution in [2.75, 3.05) is 25.5 Å². The number of pyridine rings is 1. The van der Waals surface area contributed by atoms with Crippen LogP contribution >= 0.6 is 0 Å². The van der Waals surface area contributed by atoms with Gasteiger partial charge in [0.2, 0.25) is 11.8 Å². The van der Waals surface area contributed by atoms with E-state index < -0.39 is 5.41 Å². The van der Waals surface area contributed by atoms with E-state index in [1.165, 1.54) is 0 Å². The summed E-state index contributed by atoms with van der Waals surface area (Å²) in [6, 6.07) is 19.1. The number of anilines is 1. The van der Waals surface area contributed by atoms with Crippen molar-refractivity contribution in [3.8, 4) is 11.8 Å². The predicted molar refractivity (Wildman–Crippen MR) is 141 cm³/mol. The Morgan fingerprint density at radius 3 is 2.54 bits per heavy atom. The van der Waals surface area contributed by atoms with Crippen molar-refractivity contribution in [2.45, 2.75) is 32.4 Å². The van der Waals surface area contributed by atoms with Gasteiger partial charge in [0.15, 0.2) is 5.41 Å². The summed E-state index contributed by atoms with van der Waals surface area (Å²) >= 11 is 0. The Labute approximate surface area is 215 Å². The van der Waals surface area contributed by atoms with Crippen LogP contribution in [-0.2, 0) is 23.3 Å². The fraction of sp³-hybridized carbons (Fsp3) is 0.276. The van der Waals surface area contributed by atoms with Crippen molar-refractivity contribution >= 4 is 11.6 Å². The average Bonchev–Trinajstić information content (AvgIpc) is 3.07. The second-order valence-electron chi connectivity index (χ2n) is 9.89. The number of amides is 1. The number of rotatable bonds is 5. The fourth-order valence-electron chi connectivity index (χ4n) is 5.45. The molecule has 1 amide bonds. The molecule has 0 aliphatic carbocycles. The number of likely N-dealkylation sites (N-methyl/N-ethyl adjacent to an activating group) is 1. The molecule has 1 aromatic heterocycles. The Morgan fingerprint density at radius 2 is 1.84 bits per heavy atom. The molecule has 3 heterocycles. The van der Waals surface area contributed by atoms with E-state index in [0.29, 0.717) is 30.0 Å². The van der Waals surface area contributed by atoms with Gasteiger partial charge in [-0.15, -0.1) is 0 Å². The standard InChI is InChI=1S/C29H29N5O3/c1-18-8-7-9-20(14-18)17-34-23-11-6-5-10-21(23)29(28(34)36)22(16-30)26(31)37-24-15-19(2)33(13-12-32(3)4)27(35)25(24)29/h5-11,14-15H,12-13,17,31H2,1-4H3. The number of hydrogen-bond donors (Lipinski definition) is 1. The maximum absolute atomic E-state index is 14.6. The number of para-hydroxylation sites is 1. The quantitative estimate of drug-likeness (QED) is 0.584. The number of hydrogen-bond acceptors (Lipinski definition) is 6. The molecule has 5 rings (SSSR count). The van der Waals surface area contributed by atoms with Crippen LogP contribution in [0.5, 0.6) is 5.75 Å². The zero-order valence-corrected chi connectivity index (χ0v) is 21.4. The molecule has 188 valence electrons. The lowest BCUT2D eigenvalue weighted by Crippen LogP contribution is -2.50. The molecule has 0 bridgehead atoms. The first-order chi connectivity index (χ1) is 17.7. The second kappa shape index (κ2) is 8.95. The summed E-state index contributed by atoms with van der Waals surface area (Å²) < 4.78 is 7.48. The summed E-state index contributed by atoms with van der Waals surface area (Å²) in [6.45, 7) is 5.15. The highest BCUT2D eigenvalue weighted by atomic mass is 16.5. The Hall–Kier alpha value is -4.35. The Balaban J connectivity index is 1.80. The summed E-state index contributed by atoms with van der Waals surface area (Å²) in [5.41, 5.74) is 8.18. The normalized spacial score (nSPS) is 18.2. The van der Waals surface area contributed by atoms with E-state index in [0.717, 1.165) is 11.1 Å². The molecule has 1 spiro atoms. The van der Waals surface area contributed by atoms with E-state index in [9.17, 15) is 14.9 Å². The van der Waals surface area contributed by atoms with Crippen molar-refractivity contribution in [3.05, 3.63) is 104 Å². The van der Waals surface area contributed by atoms with E-state index >= 15 is 0 Å². The van der Waals surface area contributed by atoms with E-state index in [4.69, 9.17) is 10.5 Å². The molecule has 2 aliphatic heterocycles. The number of aromatic nitrogens is 1. The van der Waals surface area contributed by atoms with Crippen molar-refractivity contribution in [1.29, 1.82) is 5.26 Å². The number of fused-ring (bicyclic) bond motifs is 4. The van der Waals surface area contributed by atoms with Crippen molar-refractivity contribution in [1.82, 2.24) is 9.47 Å². The molecule has 2 aliphatic rings. The zero-order chi connectivity index (χ0) is 26.5. The third-order valence-corrected chi connectivity index (χ3v) is 7.16. The number of nitrogens with two attached hydrogens (primary N) is 1. The smallest absolute Gasteiger partial charge is 0.259 e. The largest absolute Gasteiger partial charge is 0.440 e. The molecule has 0 saturated carbocycles. The van der Waals surface area contributed by atoms with Crippen molar-refractivity contribution < 1.29 is 9.53 Å². The molecule has 3 aromatic rings. The van der Waals surface area contributed by atoms with Crippen LogP contribution in [0.15, 0.2) is 70.8 Å². The number of carbonyl (C=O) groups is 1. The predicted octanol–water partition coefficient (Wildman–Crippen LogP) is 2.95. The van der Waals surface area contributed by atoms with E-state index in [-0.39, 0.29) is 40.8 Å². The van der Waals surface area contributed by atoms with Gasteiger partial charge in [-0.25, -0.2) is 0 Å². The van der Waals surface area contributed by atoms with Crippen LogP contribution in [0.1, 0.15) is 27.9 Å². The maximum Gasteiger partial charge on any atom is 0.259 e. The highest BCUT2D eigenvalue weighted by Crippen LogP contribution is 2.54. The number of benzene rings is 2. The van der Waals surface area contributed by atoms with Gasteiger partial charge >= 0.3 is 0 Å². The van der Waals surface area contributed by atoms with Crippen LogP contribution in [0, 0.1) is 25.2 Å². The van der Waals surface area contributed by atoms with Crippen molar-refractivity contribution in [2.24, 2.45) is 5.73 Å². The van der Waals surface area contributed by atoms with Crippen molar-refractivity contribution in [3.63, 3.8) is 0 Å². The minimum Gasteiger partial charge on any atom is -0.440 e. The number of nitriles is 1. The minimum atomic E-state index is -1.70. The van der Waals surface area contributed by atoms with Crippen LogP contribution in [-0.4, -0.2) is 36.0 Å². The third kappa shape index (κ3) is 3.62. The highest BCUT2D eigenvalue weighted by molar-refractivity contribution is 6.14. The third-order valence-electron chi connectivity index (χ3n) is 7.16. The molecule has 1 atom stereocenters. The van der Waals surface area contributed by atoms with Crippen LogP contribution in [0.4, 0.5) is 5.69 Å². The summed E-state index contributed by atoms with van der Waals surface area (Å²) in [5.74, 6) is -0.347. The molecular weight excluding hydrogens is 466 g/mol. The summed E-state index contributed by atoms with van der Waals surface area (Å²) in [6.07, 6.45) is 0. The van der Waals surface area contributed by atoms with Gasteiger partial charge in [-0.1, -0.05) is 48.0 Å². The molecule has 1 unspecified atom stereocenters. The topological polar surface area (TPSA) is 105 Å². The summed E-state index contributed by atoms with van der Waals surface area (Å²) in [7, 11) is 3.86. The average molecular weight is 496 g/mol. The monoisotopic (exact) mass is 495 g/mol. The summed E-state index contributed by atoms with van der Waals surface area (Å²) in [4.78, 5) is 32.4. The van der Waals surface area contributed by atoms with Gasteiger partial charge in [-0.05, 0) is 39.6 Å². The number of aryl methyl sites for hydroxylation is 2. The Morgan fingerprint density at radius 1 is 1.08 bits per heavy atom. The lowest BCUT2D eigenvalue weighted by molar-refractivity contribution is -0.121. The Kier molecular flexibility index (Phi) is 5.89. The zero-order valence-electron chi connectivity index (χ0n) is 21.4. The van der Waals surface area contributed by atoms with Gasteiger partial charge in [-0.2, -0.15) is 5.26 Å². The SMILES string of the molecule is Cc1cccc(CN2C(=O)C3(C(C#N)=C(N)Oc4cc(C)n(CCN(C)C)c(=O)c43)c3ccccc32)c1. The van der Waals surface area contributed by atoms with E-state index in [2.05, 4.69) is 6.07 Å². The van der Waals surface area contributed by atoms with Crippen LogP contribution in [0.3, 0.4) is 0 Å². The lowest BCUT2D eigenvalue weighted by Gasteiger charge is -2.34. The molecule has 8 nitrogen and oxygen atoms in total. The minimum absolute atomic E-state index is 0.0655. The first-order valence-electron chi connectivity index (χ1n) is 12.1. The molecule has 0 radical (unpaired) electrons. The fourth-order valence-corrected chi connectivity index (χ4v) is 5.45. The van der Waals surface area contributed by atoms with Crippen LogP contribution in [0.2, 0.25) is 0 Å². The second-order valence-corrected chi connectivity index (χ2v) is 9.89. The molecule has 0 fully saturated rings. The summed E-state index contributed by atoms with van der Waals surface area (Å²) in [5, 5.41) is 10.3. The first kappa shape index (κ1) is 24.3. The molecule has 8 heteroatoms. The van der Waals surface area contributed by atoms with Gasteiger partial charge < -0.3 is 24.8 Å². The van der Waals surface area contributed by atoms with Gasteiger partial charge in [0.25, 0.3) is 5.56 Å². The molecule has 2 N–H and O–H groups in total. The van der Waals surface area contributed by atoms with Crippen LogP contribution < -0.4 is 20.9 Å². The molecule has 0 saturated heterocycles. The van der Waals surface area contributed by atoms with E-state index in [1.807, 2.05) is 75.3 Å². The number of ether oxygens (including phenoxy) is 1.